The molecule has 0 aliphatic heterocycles. The molecule has 5 nitrogen and oxygen atoms in total. The van der Waals surface area contributed by atoms with E-state index in [0.717, 1.165) is 0 Å². The normalized spacial score (nSPS) is 11.1. The van der Waals surface area contributed by atoms with Crippen LogP contribution in [0.25, 0.3) is 0 Å². The number of benzene rings is 1. The molecular weight excluding hydrogens is 335 g/mol. The van der Waals surface area contributed by atoms with Crippen molar-refractivity contribution in [2.24, 2.45) is 0 Å². The van der Waals surface area contributed by atoms with Crippen LogP contribution in [-0.2, 0) is 16.1 Å². The molecule has 0 aliphatic carbocycles. The Morgan fingerprint density at radius 2 is 1.87 bits per heavy atom. The molecule has 0 spiro atoms. The maximum absolute atomic E-state index is 11.9. The number of hydrogen-bond acceptors (Lipinski definition) is 4. The topological polar surface area (TPSA) is 75.6 Å². The van der Waals surface area contributed by atoms with Crippen molar-refractivity contribution < 1.29 is 32.6 Å². The molecule has 9 heteroatoms. The molecule has 0 bridgehead atoms. The fraction of sp³-hybridized carbons (Fsp3) is 0.429. The van der Waals surface area contributed by atoms with Crippen LogP contribution in [0.1, 0.15) is 18.4 Å². The summed E-state index contributed by atoms with van der Waals surface area (Å²) < 4.78 is 41.1. The molecule has 0 atom stereocenters. The summed E-state index contributed by atoms with van der Waals surface area (Å²) in [6, 6.07) is 6.63. The van der Waals surface area contributed by atoms with E-state index in [2.05, 4.69) is 5.32 Å². The second-order valence-corrected chi connectivity index (χ2v) is 5.54. The van der Waals surface area contributed by atoms with E-state index in [1.807, 2.05) is 0 Å². The molecule has 0 radical (unpaired) electrons. The molecule has 0 aliphatic rings. The van der Waals surface area contributed by atoms with Crippen LogP contribution < -0.4 is 10.1 Å². The van der Waals surface area contributed by atoms with Gasteiger partial charge in [-0.2, -0.15) is 13.2 Å². The minimum absolute atomic E-state index is 0.0278. The number of aliphatic carboxylic acids is 1. The van der Waals surface area contributed by atoms with Crippen LogP contribution in [0.3, 0.4) is 0 Å². The molecule has 0 heterocycles. The maximum atomic E-state index is 11.9. The average molecular weight is 351 g/mol. The van der Waals surface area contributed by atoms with Crippen molar-refractivity contribution in [1.82, 2.24) is 5.32 Å². The molecular formula is C14H16F3NO4S. The van der Waals surface area contributed by atoms with Gasteiger partial charge in [0.05, 0.1) is 12.4 Å². The van der Waals surface area contributed by atoms with Gasteiger partial charge in [0.1, 0.15) is 5.75 Å². The summed E-state index contributed by atoms with van der Waals surface area (Å²) in [5.74, 6) is -1.70. The Kier molecular flexibility index (Phi) is 7.73. The van der Waals surface area contributed by atoms with Gasteiger partial charge in [-0.1, -0.05) is 12.1 Å². The molecule has 0 saturated heterocycles. The number of carboxylic acids is 1. The third-order valence-electron chi connectivity index (χ3n) is 2.58. The fourth-order valence-corrected chi connectivity index (χ4v) is 1.91. The zero-order chi connectivity index (χ0) is 17.3. The Morgan fingerprint density at radius 1 is 1.22 bits per heavy atom. The Bertz CT molecular complexity index is 520. The summed E-state index contributed by atoms with van der Waals surface area (Å²) in [4.78, 5) is 21.6. The highest BCUT2D eigenvalue weighted by atomic mass is 32.2. The number of alkyl halides is 3. The van der Waals surface area contributed by atoms with Crippen LogP contribution in [0.5, 0.6) is 5.75 Å². The summed E-state index contributed by atoms with van der Waals surface area (Å²) in [6.07, 6.45) is 0.421. The highest BCUT2D eigenvalue weighted by Crippen LogP contribution is 2.29. The molecule has 0 aromatic heterocycles. The quantitative estimate of drug-likeness (QED) is 0.669. The number of halogens is 3. The van der Waals surface area contributed by atoms with Crippen LogP contribution >= 0.6 is 11.8 Å². The number of carbonyl (C=O) groups is 2. The van der Waals surface area contributed by atoms with E-state index in [4.69, 9.17) is 9.84 Å². The van der Waals surface area contributed by atoms with E-state index in [0.29, 0.717) is 17.7 Å². The van der Waals surface area contributed by atoms with Gasteiger partial charge in [0.15, 0.2) is 0 Å². The number of hydrogen-bond donors (Lipinski definition) is 2. The van der Waals surface area contributed by atoms with E-state index >= 15 is 0 Å². The number of thioether (sulfide) groups is 1. The average Bonchev–Trinajstić information content (AvgIpc) is 2.47. The molecule has 1 amide bonds. The van der Waals surface area contributed by atoms with Gasteiger partial charge in [-0.25, -0.2) is 0 Å². The zero-order valence-electron chi connectivity index (χ0n) is 12.1. The minimum Gasteiger partial charge on any atom is -0.494 e. The molecule has 2 N–H and O–H groups in total. The molecule has 0 fully saturated rings. The Balaban J connectivity index is 2.28. The molecule has 0 saturated carbocycles. The van der Waals surface area contributed by atoms with Gasteiger partial charge in [-0.15, -0.1) is 0 Å². The minimum atomic E-state index is -4.42. The summed E-state index contributed by atoms with van der Waals surface area (Å²) in [7, 11) is 0. The first kappa shape index (κ1) is 19.1. The second kappa shape index (κ2) is 9.29. The third-order valence-corrected chi connectivity index (χ3v) is 3.32. The smallest absolute Gasteiger partial charge is 0.442 e. The van der Waals surface area contributed by atoms with Gasteiger partial charge in [0.2, 0.25) is 5.91 Å². The number of nitrogens with one attached hydrogen (secondary N) is 1. The van der Waals surface area contributed by atoms with E-state index in [9.17, 15) is 22.8 Å². The Hall–Kier alpha value is -1.90. The number of amides is 1. The fourth-order valence-electron chi connectivity index (χ4n) is 1.52. The summed E-state index contributed by atoms with van der Waals surface area (Å²) in [5.41, 5.74) is -3.70. The Morgan fingerprint density at radius 3 is 2.43 bits per heavy atom. The maximum Gasteiger partial charge on any atom is 0.442 e. The van der Waals surface area contributed by atoms with Crippen molar-refractivity contribution in [1.29, 1.82) is 0 Å². The van der Waals surface area contributed by atoms with Crippen molar-refractivity contribution >= 4 is 23.6 Å². The molecule has 1 aromatic rings. The highest BCUT2D eigenvalue weighted by Gasteiger charge is 2.29. The van der Waals surface area contributed by atoms with Crippen molar-refractivity contribution in [3.63, 3.8) is 0 Å². The molecule has 0 unspecified atom stereocenters. The Labute approximate surface area is 135 Å². The van der Waals surface area contributed by atoms with Crippen LogP contribution in [0.4, 0.5) is 13.2 Å². The zero-order valence-corrected chi connectivity index (χ0v) is 12.9. The van der Waals surface area contributed by atoms with Gasteiger partial charge in [0.25, 0.3) is 0 Å². The second-order valence-electron chi connectivity index (χ2n) is 4.50. The van der Waals surface area contributed by atoms with Crippen molar-refractivity contribution in [3.8, 4) is 5.75 Å². The predicted molar refractivity (Wildman–Crippen MR) is 79.2 cm³/mol. The monoisotopic (exact) mass is 351 g/mol. The first-order chi connectivity index (χ1) is 10.8. The third kappa shape index (κ3) is 9.67. The summed E-state index contributed by atoms with van der Waals surface area (Å²) >= 11 is -0.381. The number of ether oxygens (including phenoxy) is 1. The van der Waals surface area contributed by atoms with E-state index in [-0.39, 0.29) is 31.3 Å². The van der Waals surface area contributed by atoms with E-state index < -0.39 is 23.1 Å². The molecule has 1 rings (SSSR count). The number of carbonyl (C=O) groups excluding carboxylic acids is 1. The van der Waals surface area contributed by atoms with Gasteiger partial charge < -0.3 is 15.2 Å². The summed E-state index contributed by atoms with van der Waals surface area (Å²) in [5, 5.41) is 10.9. The standard InChI is InChI=1S/C14H16F3NO4S/c15-14(16,17)23-9-12(19)18-8-10-3-5-11(6-4-10)22-7-1-2-13(20)21/h3-6H,1-2,7-9H2,(H,18,19)(H,20,21). The van der Waals surface area contributed by atoms with Gasteiger partial charge in [-0.3, -0.25) is 9.59 Å². The van der Waals surface area contributed by atoms with Crippen LogP contribution in [-0.4, -0.2) is 34.9 Å². The van der Waals surface area contributed by atoms with E-state index in [1.165, 1.54) is 0 Å². The van der Waals surface area contributed by atoms with Crippen molar-refractivity contribution in [2.75, 3.05) is 12.4 Å². The van der Waals surface area contributed by atoms with Crippen molar-refractivity contribution in [3.05, 3.63) is 29.8 Å². The lowest BCUT2D eigenvalue weighted by molar-refractivity contribution is -0.137. The first-order valence-corrected chi connectivity index (χ1v) is 7.66. The first-order valence-electron chi connectivity index (χ1n) is 6.67. The van der Waals surface area contributed by atoms with Crippen LogP contribution in [0, 0.1) is 0 Å². The van der Waals surface area contributed by atoms with Crippen LogP contribution in [0.2, 0.25) is 0 Å². The van der Waals surface area contributed by atoms with Crippen LogP contribution in [0.15, 0.2) is 24.3 Å². The molecule has 1 aromatic carbocycles. The number of carboxylic acid groups (broad SMARTS) is 1. The summed E-state index contributed by atoms with van der Waals surface area (Å²) in [6.45, 7) is 0.396. The lowest BCUT2D eigenvalue weighted by atomic mass is 10.2. The number of rotatable bonds is 9. The lowest BCUT2D eigenvalue weighted by Crippen LogP contribution is -2.25. The molecule has 23 heavy (non-hydrogen) atoms. The lowest BCUT2D eigenvalue weighted by Gasteiger charge is -2.08. The molecule has 128 valence electrons. The van der Waals surface area contributed by atoms with E-state index in [1.54, 1.807) is 24.3 Å². The largest absolute Gasteiger partial charge is 0.494 e. The van der Waals surface area contributed by atoms with Gasteiger partial charge >= 0.3 is 11.5 Å². The van der Waals surface area contributed by atoms with Gasteiger partial charge in [-0.05, 0) is 35.9 Å². The predicted octanol–water partition coefficient (Wildman–Crippen LogP) is 2.80. The van der Waals surface area contributed by atoms with Crippen molar-refractivity contribution in [2.45, 2.75) is 24.9 Å². The van der Waals surface area contributed by atoms with Gasteiger partial charge in [0, 0.05) is 13.0 Å². The highest BCUT2D eigenvalue weighted by molar-refractivity contribution is 8.00. The SMILES string of the molecule is O=C(O)CCCOc1ccc(CNC(=O)CSC(F)(F)F)cc1.